The highest BCUT2D eigenvalue weighted by Crippen LogP contribution is 2.32. The normalized spacial score (nSPS) is 14.9. The van der Waals surface area contributed by atoms with Crippen LogP contribution in [0.25, 0.3) is 28.5 Å². The molecule has 2 aromatic carbocycles. The van der Waals surface area contributed by atoms with Gasteiger partial charge in [0.05, 0.1) is 22.6 Å². The molecule has 1 aliphatic rings. The number of thioether (sulfide) groups is 1. The van der Waals surface area contributed by atoms with Crippen molar-refractivity contribution in [1.29, 1.82) is 0 Å². The third-order valence-electron chi connectivity index (χ3n) is 5.37. The Balaban J connectivity index is 1.33. The van der Waals surface area contributed by atoms with Crippen molar-refractivity contribution in [1.82, 2.24) is 19.9 Å². The molecule has 5 nitrogen and oxygen atoms in total. The summed E-state index contributed by atoms with van der Waals surface area (Å²) in [5.41, 5.74) is 5.93. The number of aromatic nitrogens is 3. The second kappa shape index (κ2) is 9.52. The highest BCUT2D eigenvalue weighted by Gasteiger charge is 2.31. The van der Waals surface area contributed by atoms with E-state index in [2.05, 4.69) is 46.4 Å². The fourth-order valence-corrected chi connectivity index (χ4v) is 4.93. The predicted octanol–water partition coefficient (Wildman–Crippen LogP) is 5.58. The Morgan fingerprint density at radius 2 is 1.70 bits per heavy atom. The van der Waals surface area contributed by atoms with Gasteiger partial charge in [0, 0.05) is 30.4 Å². The van der Waals surface area contributed by atoms with Gasteiger partial charge in [0.25, 0.3) is 5.91 Å². The Morgan fingerprint density at radius 1 is 0.939 bits per heavy atom. The molecule has 1 fully saturated rings. The fraction of sp³-hybridized carbons (Fsp3) is 0.0769. The molecule has 162 valence electrons. The molecular weight excluding hydrogens is 448 g/mol. The van der Waals surface area contributed by atoms with Crippen LogP contribution in [-0.2, 0) is 11.2 Å². The third kappa shape index (κ3) is 4.79. The third-order valence-corrected chi connectivity index (χ3v) is 6.75. The van der Waals surface area contributed by atoms with Gasteiger partial charge in [-0.25, -0.2) is 9.97 Å². The predicted molar refractivity (Wildman–Crippen MR) is 137 cm³/mol. The zero-order chi connectivity index (χ0) is 22.6. The standard InChI is InChI=1S/C26H20N4OS2/c31-25-24(33-26(32)30(25)14-13-22-16-27-17-28-22)15-21-7-4-8-23(29-21)20-11-9-19(10-12-20)18-5-2-1-3-6-18/h1-12,15-17H,13-14H2,(H,27,28)/b24-15-. The summed E-state index contributed by atoms with van der Waals surface area (Å²) in [5, 5.41) is 0. The first-order valence-electron chi connectivity index (χ1n) is 10.5. The summed E-state index contributed by atoms with van der Waals surface area (Å²) in [6.07, 6.45) is 5.88. The molecule has 0 aliphatic carbocycles. The Kier molecular flexibility index (Phi) is 6.15. The molecule has 0 radical (unpaired) electrons. The molecule has 0 atom stereocenters. The SMILES string of the molecule is O=C1/C(=C/c2cccc(-c3ccc(-c4ccccc4)cc3)n2)SC(=S)N1CCc1cnc[nH]1. The van der Waals surface area contributed by atoms with Gasteiger partial charge in [0.1, 0.15) is 4.32 Å². The van der Waals surface area contributed by atoms with Crippen molar-refractivity contribution in [3.63, 3.8) is 0 Å². The molecule has 0 unspecified atom stereocenters. The average Bonchev–Trinajstić information content (AvgIpc) is 3.47. The van der Waals surface area contributed by atoms with Gasteiger partial charge in [-0.1, -0.05) is 84.6 Å². The summed E-state index contributed by atoms with van der Waals surface area (Å²) in [5.74, 6) is -0.0797. The van der Waals surface area contributed by atoms with Gasteiger partial charge in [-0.15, -0.1) is 0 Å². The number of rotatable bonds is 6. The number of imidazole rings is 1. The highest BCUT2D eigenvalue weighted by atomic mass is 32.2. The van der Waals surface area contributed by atoms with Crippen molar-refractivity contribution in [3.8, 4) is 22.4 Å². The molecule has 4 aromatic rings. The van der Waals surface area contributed by atoms with E-state index >= 15 is 0 Å². The van der Waals surface area contributed by atoms with Crippen LogP contribution in [0.3, 0.4) is 0 Å². The van der Waals surface area contributed by atoms with Crippen LogP contribution in [0.2, 0.25) is 0 Å². The smallest absolute Gasteiger partial charge is 0.266 e. The van der Waals surface area contributed by atoms with Gasteiger partial charge < -0.3 is 4.98 Å². The summed E-state index contributed by atoms with van der Waals surface area (Å²) in [7, 11) is 0. The Bertz CT molecular complexity index is 1320. The minimum Gasteiger partial charge on any atom is -0.348 e. The van der Waals surface area contributed by atoms with E-state index in [9.17, 15) is 4.79 Å². The van der Waals surface area contributed by atoms with Crippen LogP contribution in [0.1, 0.15) is 11.4 Å². The Morgan fingerprint density at radius 3 is 2.45 bits per heavy atom. The lowest BCUT2D eigenvalue weighted by molar-refractivity contribution is -0.122. The molecule has 0 spiro atoms. The average molecular weight is 469 g/mol. The number of carbonyl (C=O) groups is 1. The maximum atomic E-state index is 12.9. The second-order valence-electron chi connectivity index (χ2n) is 7.55. The van der Waals surface area contributed by atoms with Crippen molar-refractivity contribution >= 4 is 40.3 Å². The molecule has 7 heteroatoms. The summed E-state index contributed by atoms with van der Waals surface area (Å²) in [4.78, 5) is 27.0. The minimum absolute atomic E-state index is 0.0797. The fourth-order valence-electron chi connectivity index (χ4n) is 3.64. The molecule has 5 rings (SSSR count). The van der Waals surface area contributed by atoms with E-state index in [4.69, 9.17) is 17.2 Å². The van der Waals surface area contributed by atoms with E-state index in [-0.39, 0.29) is 5.91 Å². The van der Waals surface area contributed by atoms with Gasteiger partial charge in [-0.3, -0.25) is 9.69 Å². The monoisotopic (exact) mass is 468 g/mol. The van der Waals surface area contributed by atoms with Crippen molar-refractivity contribution in [2.75, 3.05) is 6.54 Å². The molecule has 1 saturated heterocycles. The Hall–Kier alpha value is -3.55. The molecule has 0 bridgehead atoms. The number of nitrogens with one attached hydrogen (secondary N) is 1. The van der Waals surface area contributed by atoms with E-state index < -0.39 is 0 Å². The number of nitrogens with zero attached hydrogens (tertiary/aromatic N) is 3. The molecule has 3 heterocycles. The number of amides is 1. The number of hydrogen-bond donors (Lipinski definition) is 1. The largest absolute Gasteiger partial charge is 0.348 e. The maximum Gasteiger partial charge on any atom is 0.266 e. The molecule has 33 heavy (non-hydrogen) atoms. The van der Waals surface area contributed by atoms with Crippen LogP contribution in [0.4, 0.5) is 0 Å². The lowest BCUT2D eigenvalue weighted by Crippen LogP contribution is -2.30. The van der Waals surface area contributed by atoms with Crippen molar-refractivity contribution < 1.29 is 4.79 Å². The topological polar surface area (TPSA) is 61.9 Å². The number of pyridine rings is 1. The number of benzene rings is 2. The van der Waals surface area contributed by atoms with Crippen LogP contribution < -0.4 is 0 Å². The lowest BCUT2D eigenvalue weighted by Gasteiger charge is -2.13. The summed E-state index contributed by atoms with van der Waals surface area (Å²) in [6.45, 7) is 0.519. The quantitative estimate of drug-likeness (QED) is 0.296. The molecule has 1 aliphatic heterocycles. The molecule has 2 aromatic heterocycles. The lowest BCUT2D eigenvalue weighted by atomic mass is 10.0. The van der Waals surface area contributed by atoms with Gasteiger partial charge in [0.15, 0.2) is 0 Å². The van der Waals surface area contributed by atoms with E-state index in [1.807, 2.05) is 42.5 Å². The highest BCUT2D eigenvalue weighted by molar-refractivity contribution is 8.26. The first-order valence-corrected chi connectivity index (χ1v) is 11.8. The summed E-state index contributed by atoms with van der Waals surface area (Å²) in [6, 6.07) is 24.5. The van der Waals surface area contributed by atoms with Crippen molar-refractivity contribution in [2.45, 2.75) is 6.42 Å². The van der Waals surface area contributed by atoms with Gasteiger partial charge in [-0.2, -0.15) is 0 Å². The van der Waals surface area contributed by atoms with Crippen molar-refractivity contribution in [3.05, 3.63) is 102 Å². The van der Waals surface area contributed by atoms with Crippen LogP contribution in [0, 0.1) is 0 Å². The number of hydrogen-bond acceptors (Lipinski definition) is 5. The number of thiocarbonyl (C=S) groups is 1. The molecule has 1 amide bonds. The van der Waals surface area contributed by atoms with Crippen LogP contribution >= 0.6 is 24.0 Å². The van der Waals surface area contributed by atoms with Gasteiger partial charge in [-0.05, 0) is 29.3 Å². The summed E-state index contributed by atoms with van der Waals surface area (Å²) >= 11 is 6.76. The van der Waals surface area contributed by atoms with Crippen molar-refractivity contribution in [2.24, 2.45) is 0 Å². The first-order chi connectivity index (χ1) is 16.2. The zero-order valence-corrected chi connectivity index (χ0v) is 19.3. The second-order valence-corrected chi connectivity index (χ2v) is 9.23. The van der Waals surface area contributed by atoms with Crippen LogP contribution in [-0.4, -0.2) is 36.6 Å². The molecular formula is C26H20N4OS2. The number of aromatic amines is 1. The van der Waals surface area contributed by atoms with Gasteiger partial charge >= 0.3 is 0 Å². The van der Waals surface area contributed by atoms with E-state index in [1.54, 1.807) is 17.4 Å². The molecule has 0 saturated carbocycles. The number of carbonyl (C=O) groups excluding carboxylic acids is 1. The summed E-state index contributed by atoms with van der Waals surface area (Å²) < 4.78 is 0.568. The maximum absolute atomic E-state index is 12.9. The van der Waals surface area contributed by atoms with E-state index in [0.717, 1.165) is 28.2 Å². The molecule has 1 N–H and O–H groups in total. The zero-order valence-electron chi connectivity index (χ0n) is 17.6. The Labute approximate surface area is 201 Å². The van der Waals surface area contributed by atoms with Gasteiger partial charge in [0.2, 0.25) is 0 Å². The first kappa shape index (κ1) is 21.3. The number of H-pyrrole nitrogens is 1. The van der Waals surface area contributed by atoms with Crippen LogP contribution in [0.15, 0.2) is 90.2 Å². The minimum atomic E-state index is -0.0797. The van der Waals surface area contributed by atoms with E-state index in [0.29, 0.717) is 22.2 Å². The van der Waals surface area contributed by atoms with E-state index in [1.165, 1.54) is 17.3 Å². The van der Waals surface area contributed by atoms with Crippen LogP contribution in [0.5, 0.6) is 0 Å².